The topological polar surface area (TPSA) is 52.6 Å². The van der Waals surface area contributed by atoms with E-state index in [1.54, 1.807) is 0 Å². The maximum atomic E-state index is 14.1. The zero-order valence-corrected chi connectivity index (χ0v) is 13.0. The molecule has 2 aliphatic rings. The molecule has 2 saturated carbocycles. The Morgan fingerprint density at radius 2 is 2.09 bits per heavy atom. The number of hydrogen-bond donors (Lipinski definition) is 0. The maximum absolute atomic E-state index is 14.1. The van der Waals surface area contributed by atoms with Crippen LogP contribution in [0.4, 0.5) is 8.78 Å². The van der Waals surface area contributed by atoms with Gasteiger partial charge in [0.25, 0.3) is 0 Å². The second-order valence-corrected chi connectivity index (χ2v) is 6.30. The second kappa shape index (κ2) is 5.28. The molecule has 0 N–H and O–H groups in total. The first-order valence-corrected chi connectivity index (χ1v) is 7.54. The van der Waals surface area contributed by atoms with E-state index in [0.29, 0.717) is 24.8 Å². The number of aldehydes is 1. The molecule has 0 aliphatic heterocycles. The third kappa shape index (κ3) is 1.87. The van der Waals surface area contributed by atoms with Crippen LogP contribution >= 0.6 is 0 Å². The van der Waals surface area contributed by atoms with Gasteiger partial charge in [-0.3, -0.25) is 4.79 Å². The highest BCUT2D eigenvalue weighted by atomic mass is 19.2. The highest BCUT2D eigenvalue weighted by Gasteiger charge is 2.77. The summed E-state index contributed by atoms with van der Waals surface area (Å²) in [5, 5.41) is 0. The van der Waals surface area contributed by atoms with Crippen molar-refractivity contribution >= 4 is 12.3 Å². The summed E-state index contributed by atoms with van der Waals surface area (Å²) in [5.41, 5.74) is -1.29. The van der Waals surface area contributed by atoms with Gasteiger partial charge in [-0.1, -0.05) is 12.5 Å². The SMILES string of the molecule is COC(=O)C12CC1(c1ccc(F)c(F)c1OC)CCCC2C=O. The van der Waals surface area contributed by atoms with Gasteiger partial charge in [0, 0.05) is 16.9 Å². The smallest absolute Gasteiger partial charge is 0.313 e. The van der Waals surface area contributed by atoms with Gasteiger partial charge in [0.05, 0.1) is 19.6 Å². The standard InChI is InChI=1S/C17H18F2O4/c1-22-14-11(5-6-12(18)13(14)19)16-7-3-4-10(8-20)17(16,9-16)15(21)23-2/h5-6,8,10H,3-4,7,9H2,1-2H3. The molecule has 0 amide bonds. The van der Waals surface area contributed by atoms with Crippen molar-refractivity contribution in [2.75, 3.05) is 14.2 Å². The number of esters is 1. The Morgan fingerprint density at radius 3 is 2.70 bits per heavy atom. The summed E-state index contributed by atoms with van der Waals surface area (Å²) in [6.45, 7) is 0. The number of hydrogen-bond acceptors (Lipinski definition) is 4. The Balaban J connectivity index is 2.18. The van der Waals surface area contributed by atoms with Gasteiger partial charge in [-0.25, -0.2) is 4.39 Å². The van der Waals surface area contributed by atoms with Gasteiger partial charge in [0.15, 0.2) is 11.6 Å². The molecular weight excluding hydrogens is 306 g/mol. The molecule has 3 atom stereocenters. The first-order chi connectivity index (χ1) is 11.0. The van der Waals surface area contributed by atoms with E-state index in [4.69, 9.17) is 9.47 Å². The lowest BCUT2D eigenvalue weighted by Crippen LogP contribution is -2.39. The van der Waals surface area contributed by atoms with Crippen LogP contribution in [-0.4, -0.2) is 26.5 Å². The van der Waals surface area contributed by atoms with E-state index in [9.17, 15) is 18.4 Å². The van der Waals surface area contributed by atoms with Crippen molar-refractivity contribution in [3.05, 3.63) is 29.3 Å². The minimum atomic E-state index is -1.07. The monoisotopic (exact) mass is 324 g/mol. The molecular formula is C17H18F2O4. The fourth-order valence-electron chi connectivity index (χ4n) is 4.46. The lowest BCUT2D eigenvalue weighted by Gasteiger charge is -2.34. The van der Waals surface area contributed by atoms with Crippen molar-refractivity contribution in [3.8, 4) is 5.75 Å². The highest BCUT2D eigenvalue weighted by Crippen LogP contribution is 2.75. The number of ether oxygens (including phenoxy) is 2. The van der Waals surface area contributed by atoms with Crippen molar-refractivity contribution in [2.24, 2.45) is 11.3 Å². The molecule has 0 saturated heterocycles. The molecule has 2 fully saturated rings. The third-order valence-corrected chi connectivity index (χ3v) is 5.54. The van der Waals surface area contributed by atoms with Crippen molar-refractivity contribution in [2.45, 2.75) is 31.1 Å². The number of rotatable bonds is 4. The number of carbonyl (C=O) groups excluding carboxylic acids is 2. The largest absolute Gasteiger partial charge is 0.493 e. The molecule has 124 valence electrons. The summed E-state index contributed by atoms with van der Waals surface area (Å²) in [7, 11) is 2.54. The number of halogens is 2. The molecule has 1 aromatic carbocycles. The van der Waals surface area contributed by atoms with E-state index in [1.807, 2.05) is 0 Å². The molecule has 3 unspecified atom stereocenters. The van der Waals surface area contributed by atoms with Crippen molar-refractivity contribution < 1.29 is 27.8 Å². The number of fused-ring (bicyclic) bond motifs is 1. The average Bonchev–Trinajstić information content (AvgIpc) is 3.27. The van der Waals surface area contributed by atoms with Gasteiger partial charge in [-0.05, 0) is 25.3 Å². The van der Waals surface area contributed by atoms with Crippen LogP contribution in [0.1, 0.15) is 31.2 Å². The van der Waals surface area contributed by atoms with Crippen molar-refractivity contribution in [3.63, 3.8) is 0 Å². The maximum Gasteiger partial charge on any atom is 0.313 e. The lowest BCUT2D eigenvalue weighted by molar-refractivity contribution is -0.153. The highest BCUT2D eigenvalue weighted by molar-refractivity contribution is 5.89. The molecule has 23 heavy (non-hydrogen) atoms. The van der Waals surface area contributed by atoms with Gasteiger partial charge < -0.3 is 14.3 Å². The minimum Gasteiger partial charge on any atom is -0.493 e. The predicted octanol–water partition coefficient (Wildman–Crippen LogP) is 2.77. The van der Waals surface area contributed by atoms with Crippen LogP contribution < -0.4 is 4.74 Å². The Bertz CT molecular complexity index is 675. The van der Waals surface area contributed by atoms with Crippen molar-refractivity contribution in [1.82, 2.24) is 0 Å². The van der Waals surface area contributed by atoms with E-state index in [-0.39, 0.29) is 5.75 Å². The lowest BCUT2D eigenvalue weighted by atomic mass is 9.69. The van der Waals surface area contributed by atoms with Crippen LogP contribution in [0.5, 0.6) is 5.75 Å². The van der Waals surface area contributed by atoms with Crippen LogP contribution in [-0.2, 0) is 19.7 Å². The van der Waals surface area contributed by atoms with Crippen molar-refractivity contribution in [1.29, 1.82) is 0 Å². The molecule has 6 heteroatoms. The van der Waals surface area contributed by atoms with Crippen LogP contribution in [0.2, 0.25) is 0 Å². The Morgan fingerprint density at radius 1 is 1.35 bits per heavy atom. The van der Waals surface area contributed by atoms with E-state index >= 15 is 0 Å². The molecule has 0 radical (unpaired) electrons. The van der Waals surface area contributed by atoms with E-state index < -0.39 is 34.4 Å². The van der Waals surface area contributed by atoms with Gasteiger partial charge in [-0.15, -0.1) is 0 Å². The zero-order chi connectivity index (χ0) is 16.8. The number of carbonyl (C=O) groups is 2. The predicted molar refractivity (Wildman–Crippen MR) is 77.1 cm³/mol. The van der Waals surface area contributed by atoms with Crippen LogP contribution in [0.3, 0.4) is 0 Å². The van der Waals surface area contributed by atoms with Gasteiger partial charge in [-0.2, -0.15) is 4.39 Å². The molecule has 0 aromatic heterocycles. The fraction of sp³-hybridized carbons (Fsp3) is 0.529. The average molecular weight is 324 g/mol. The zero-order valence-electron chi connectivity index (χ0n) is 13.0. The van der Waals surface area contributed by atoms with E-state index in [0.717, 1.165) is 18.8 Å². The number of benzene rings is 1. The van der Waals surface area contributed by atoms with Gasteiger partial charge in [0.2, 0.25) is 5.82 Å². The molecule has 0 heterocycles. The second-order valence-electron chi connectivity index (χ2n) is 6.30. The summed E-state index contributed by atoms with van der Waals surface area (Å²) in [4.78, 5) is 23.9. The summed E-state index contributed by atoms with van der Waals surface area (Å²) >= 11 is 0. The summed E-state index contributed by atoms with van der Waals surface area (Å²) < 4.78 is 37.6. The van der Waals surface area contributed by atoms with Gasteiger partial charge >= 0.3 is 5.97 Å². The molecule has 1 aromatic rings. The summed E-state index contributed by atoms with van der Waals surface area (Å²) in [6.07, 6.45) is 3.09. The number of methoxy groups -OCH3 is 2. The molecule has 0 spiro atoms. The molecule has 0 bridgehead atoms. The molecule has 4 nitrogen and oxygen atoms in total. The first-order valence-electron chi connectivity index (χ1n) is 7.54. The Hall–Kier alpha value is -1.98. The molecule has 3 rings (SSSR count). The third-order valence-electron chi connectivity index (χ3n) is 5.54. The first kappa shape index (κ1) is 15.9. The quantitative estimate of drug-likeness (QED) is 0.631. The van der Waals surface area contributed by atoms with Crippen LogP contribution in [0.15, 0.2) is 12.1 Å². The summed E-state index contributed by atoms with van der Waals surface area (Å²) in [5.74, 6) is -3.22. The Kier molecular flexibility index (Phi) is 3.65. The minimum absolute atomic E-state index is 0.192. The fourth-order valence-corrected chi connectivity index (χ4v) is 4.46. The molecule has 2 aliphatic carbocycles. The van der Waals surface area contributed by atoms with Crippen LogP contribution in [0.25, 0.3) is 0 Å². The Labute approximate surface area is 132 Å². The normalized spacial score (nSPS) is 31.9. The van der Waals surface area contributed by atoms with Crippen LogP contribution in [0, 0.1) is 23.0 Å². The van der Waals surface area contributed by atoms with Gasteiger partial charge in [0.1, 0.15) is 6.29 Å². The van der Waals surface area contributed by atoms with E-state index in [2.05, 4.69) is 0 Å². The van der Waals surface area contributed by atoms with E-state index in [1.165, 1.54) is 20.3 Å². The summed E-state index contributed by atoms with van der Waals surface area (Å²) in [6, 6.07) is 2.49.